The molecule has 2 N–H and O–H groups in total. The van der Waals surface area contributed by atoms with Crippen LogP contribution in [0.3, 0.4) is 0 Å². The molecule has 0 saturated carbocycles. The second-order valence-corrected chi connectivity index (χ2v) is 5.57. The number of carbonyl (C=O) groups excluding carboxylic acids is 1. The van der Waals surface area contributed by atoms with Gasteiger partial charge in [0.2, 0.25) is 5.91 Å². The van der Waals surface area contributed by atoms with Gasteiger partial charge in [-0.25, -0.2) is 0 Å². The van der Waals surface area contributed by atoms with E-state index in [0.717, 1.165) is 5.75 Å². The number of rotatable bonds is 3. The zero-order valence-corrected chi connectivity index (χ0v) is 10.8. The van der Waals surface area contributed by atoms with E-state index in [2.05, 4.69) is 10.5 Å². The van der Waals surface area contributed by atoms with E-state index in [0.29, 0.717) is 5.04 Å². The first-order chi connectivity index (χ1) is 6.88. The Bertz CT molecular complexity index is 246. The van der Waals surface area contributed by atoms with Gasteiger partial charge in [-0.05, 0) is 11.2 Å². The molecule has 5 heteroatoms. The number of carbonyl (C=O) groups is 1. The Hall–Kier alpha value is -0.710. The largest absolute Gasteiger partial charge is 0.410 e. The molecule has 0 aromatic rings. The SMILES string of the molecule is CCSC(=NO)C(C(=O)NC)C(C)(C)C. The highest BCUT2D eigenvalue weighted by Gasteiger charge is 2.35. The summed E-state index contributed by atoms with van der Waals surface area (Å²) >= 11 is 1.39. The predicted molar refractivity (Wildman–Crippen MR) is 64.4 cm³/mol. The normalized spacial score (nSPS) is 14.9. The summed E-state index contributed by atoms with van der Waals surface area (Å²) in [7, 11) is 1.59. The molecule has 0 rings (SSSR count). The van der Waals surface area contributed by atoms with E-state index in [1.807, 2.05) is 27.7 Å². The van der Waals surface area contributed by atoms with Crippen molar-refractivity contribution in [3.8, 4) is 0 Å². The van der Waals surface area contributed by atoms with Crippen molar-refractivity contribution in [2.75, 3.05) is 12.8 Å². The first-order valence-corrected chi connectivity index (χ1v) is 5.93. The average Bonchev–Trinajstić information content (AvgIpc) is 2.14. The number of hydrogen-bond donors (Lipinski definition) is 2. The van der Waals surface area contributed by atoms with Gasteiger partial charge >= 0.3 is 0 Å². The topological polar surface area (TPSA) is 61.7 Å². The Kier molecular flexibility index (Phi) is 5.72. The quantitative estimate of drug-likeness (QED) is 0.338. The fourth-order valence-corrected chi connectivity index (χ4v) is 2.32. The third kappa shape index (κ3) is 4.11. The van der Waals surface area contributed by atoms with Crippen molar-refractivity contribution in [2.24, 2.45) is 16.5 Å². The van der Waals surface area contributed by atoms with Crippen LogP contribution in [-0.4, -0.2) is 29.0 Å². The predicted octanol–water partition coefficient (Wildman–Crippen LogP) is 1.94. The van der Waals surface area contributed by atoms with Crippen LogP contribution >= 0.6 is 11.8 Å². The Morgan fingerprint density at radius 3 is 2.33 bits per heavy atom. The molecule has 1 amide bonds. The summed E-state index contributed by atoms with van der Waals surface area (Å²) in [5, 5.41) is 15.2. The number of nitrogens with one attached hydrogen (secondary N) is 1. The van der Waals surface area contributed by atoms with Gasteiger partial charge in [0.05, 0.1) is 5.92 Å². The van der Waals surface area contributed by atoms with Crippen molar-refractivity contribution in [1.29, 1.82) is 0 Å². The fourth-order valence-electron chi connectivity index (χ4n) is 1.34. The van der Waals surface area contributed by atoms with Crippen molar-refractivity contribution in [2.45, 2.75) is 27.7 Å². The minimum absolute atomic E-state index is 0.115. The Labute approximate surface area is 95.5 Å². The van der Waals surface area contributed by atoms with Gasteiger partial charge in [0, 0.05) is 7.05 Å². The average molecular weight is 232 g/mol. The highest BCUT2D eigenvalue weighted by Crippen LogP contribution is 2.31. The van der Waals surface area contributed by atoms with Crippen LogP contribution < -0.4 is 5.32 Å². The van der Waals surface area contributed by atoms with Crippen molar-refractivity contribution >= 4 is 22.7 Å². The Balaban J connectivity index is 5.01. The summed E-state index contributed by atoms with van der Waals surface area (Å²) < 4.78 is 0. The van der Waals surface area contributed by atoms with Crippen molar-refractivity contribution in [1.82, 2.24) is 5.32 Å². The third-order valence-electron chi connectivity index (χ3n) is 2.01. The molecule has 0 saturated heterocycles. The smallest absolute Gasteiger partial charge is 0.230 e. The molecular weight excluding hydrogens is 212 g/mol. The lowest BCUT2D eigenvalue weighted by atomic mass is 9.81. The molecule has 15 heavy (non-hydrogen) atoms. The van der Waals surface area contributed by atoms with Gasteiger partial charge in [-0.3, -0.25) is 4.79 Å². The third-order valence-corrected chi connectivity index (χ3v) is 2.91. The summed E-state index contributed by atoms with van der Waals surface area (Å²) in [6.07, 6.45) is 0. The molecule has 0 fully saturated rings. The van der Waals surface area contributed by atoms with Gasteiger partial charge in [0.15, 0.2) is 0 Å². The molecule has 0 aromatic carbocycles. The summed E-state index contributed by atoms with van der Waals surface area (Å²) in [5.41, 5.74) is -0.260. The molecule has 0 aromatic heterocycles. The van der Waals surface area contributed by atoms with Gasteiger partial charge in [0.1, 0.15) is 5.04 Å². The molecule has 0 spiro atoms. The maximum absolute atomic E-state index is 11.7. The summed E-state index contributed by atoms with van der Waals surface area (Å²) in [6.45, 7) is 7.82. The van der Waals surface area contributed by atoms with E-state index in [1.54, 1.807) is 7.05 Å². The number of hydrogen-bond acceptors (Lipinski definition) is 4. The molecule has 88 valence electrons. The van der Waals surface area contributed by atoms with Gasteiger partial charge in [-0.15, -0.1) is 11.8 Å². The van der Waals surface area contributed by atoms with Crippen LogP contribution in [-0.2, 0) is 4.79 Å². The molecule has 0 aliphatic heterocycles. The van der Waals surface area contributed by atoms with E-state index in [4.69, 9.17) is 5.21 Å². The van der Waals surface area contributed by atoms with E-state index in [9.17, 15) is 4.79 Å². The number of nitrogens with zero attached hydrogens (tertiary/aromatic N) is 1. The van der Waals surface area contributed by atoms with E-state index >= 15 is 0 Å². The minimum atomic E-state index is -0.405. The van der Waals surface area contributed by atoms with E-state index in [-0.39, 0.29) is 11.3 Å². The molecule has 0 bridgehead atoms. The maximum atomic E-state index is 11.7. The van der Waals surface area contributed by atoms with E-state index in [1.165, 1.54) is 11.8 Å². The van der Waals surface area contributed by atoms with Gasteiger partial charge < -0.3 is 10.5 Å². The van der Waals surface area contributed by atoms with Crippen LogP contribution in [0.1, 0.15) is 27.7 Å². The van der Waals surface area contributed by atoms with Crippen LogP contribution in [0.15, 0.2) is 5.16 Å². The summed E-state index contributed by atoms with van der Waals surface area (Å²) in [4.78, 5) is 11.7. The highest BCUT2D eigenvalue weighted by atomic mass is 32.2. The van der Waals surface area contributed by atoms with Crippen LogP contribution in [0.4, 0.5) is 0 Å². The molecule has 0 aliphatic rings. The van der Waals surface area contributed by atoms with E-state index < -0.39 is 5.92 Å². The van der Waals surface area contributed by atoms with Crippen molar-refractivity contribution in [3.63, 3.8) is 0 Å². The molecule has 0 heterocycles. The minimum Gasteiger partial charge on any atom is -0.410 e. The van der Waals surface area contributed by atoms with Crippen LogP contribution in [0.25, 0.3) is 0 Å². The number of amides is 1. The first-order valence-electron chi connectivity index (χ1n) is 4.94. The number of thioether (sulfide) groups is 1. The molecule has 0 radical (unpaired) electrons. The summed E-state index contributed by atoms with van der Waals surface area (Å²) in [6, 6.07) is 0. The fraction of sp³-hybridized carbons (Fsp3) is 0.800. The molecule has 1 atom stereocenters. The molecule has 1 unspecified atom stereocenters. The van der Waals surface area contributed by atoms with Crippen molar-refractivity contribution < 1.29 is 10.0 Å². The molecular formula is C10H20N2O2S. The zero-order valence-electron chi connectivity index (χ0n) is 10.00. The lowest BCUT2D eigenvalue weighted by Crippen LogP contribution is -2.40. The van der Waals surface area contributed by atoms with Gasteiger partial charge in [0.25, 0.3) is 0 Å². The molecule has 4 nitrogen and oxygen atoms in total. The number of oxime groups is 1. The second kappa shape index (κ2) is 6.00. The first kappa shape index (κ1) is 14.3. The monoisotopic (exact) mass is 232 g/mol. The Morgan fingerprint density at radius 1 is 1.53 bits per heavy atom. The summed E-state index contributed by atoms with van der Waals surface area (Å²) in [5.74, 6) is 0.261. The van der Waals surface area contributed by atoms with Gasteiger partial charge in [-0.2, -0.15) is 0 Å². The lowest BCUT2D eigenvalue weighted by molar-refractivity contribution is -0.124. The van der Waals surface area contributed by atoms with Crippen LogP contribution in [0, 0.1) is 11.3 Å². The van der Waals surface area contributed by atoms with Crippen LogP contribution in [0.2, 0.25) is 0 Å². The standard InChI is InChI=1S/C10H20N2O2S/c1-6-15-9(12-14)7(8(13)11-5)10(2,3)4/h7,14H,6H2,1-5H3,(H,11,13). The zero-order chi connectivity index (χ0) is 12.1. The lowest BCUT2D eigenvalue weighted by Gasteiger charge is -2.28. The second-order valence-electron chi connectivity index (χ2n) is 4.28. The highest BCUT2D eigenvalue weighted by molar-refractivity contribution is 8.14. The van der Waals surface area contributed by atoms with Crippen molar-refractivity contribution in [3.05, 3.63) is 0 Å². The Morgan fingerprint density at radius 2 is 2.07 bits per heavy atom. The van der Waals surface area contributed by atoms with Gasteiger partial charge in [-0.1, -0.05) is 32.9 Å². The maximum Gasteiger partial charge on any atom is 0.230 e. The van der Waals surface area contributed by atoms with Crippen LogP contribution in [0.5, 0.6) is 0 Å². The molecule has 0 aliphatic carbocycles.